The van der Waals surface area contributed by atoms with Crippen LogP contribution in [0.1, 0.15) is 11.1 Å². The number of methoxy groups -OCH3 is 1. The van der Waals surface area contributed by atoms with Crippen molar-refractivity contribution in [3.05, 3.63) is 53.6 Å². The summed E-state index contributed by atoms with van der Waals surface area (Å²) in [4.78, 5) is 11.3. The summed E-state index contributed by atoms with van der Waals surface area (Å²) in [7, 11) is 1.65. The molecule has 2 aromatic carbocycles. The number of hydrogen-bond donors (Lipinski definition) is 1. The Morgan fingerprint density at radius 2 is 1.81 bits per heavy atom. The molecule has 0 saturated heterocycles. The average Bonchev–Trinajstić information content (AvgIpc) is 2.53. The molecule has 1 amide bonds. The van der Waals surface area contributed by atoms with Gasteiger partial charge in [-0.05, 0) is 35.4 Å². The van der Waals surface area contributed by atoms with E-state index in [9.17, 15) is 4.79 Å². The first-order chi connectivity index (χ1) is 10.2. The van der Waals surface area contributed by atoms with Crippen molar-refractivity contribution in [1.29, 1.82) is 0 Å². The van der Waals surface area contributed by atoms with Gasteiger partial charge in [-0.25, -0.2) is 0 Å². The van der Waals surface area contributed by atoms with E-state index in [4.69, 9.17) is 9.47 Å². The van der Waals surface area contributed by atoms with Crippen molar-refractivity contribution in [2.45, 2.75) is 0 Å². The fourth-order valence-corrected chi connectivity index (χ4v) is 2.11. The Hall–Kier alpha value is -2.75. The minimum Gasteiger partial charge on any atom is -0.497 e. The summed E-state index contributed by atoms with van der Waals surface area (Å²) in [5.41, 5.74) is 2.78. The van der Waals surface area contributed by atoms with Gasteiger partial charge in [0.25, 0.3) is 5.91 Å². The highest BCUT2D eigenvalue weighted by atomic mass is 16.5. The summed E-state index contributed by atoms with van der Waals surface area (Å²) in [5, 5.41) is 2.80. The quantitative estimate of drug-likeness (QED) is 0.879. The number of carbonyl (C=O) groups is 1. The molecule has 106 valence electrons. The number of rotatable bonds is 3. The monoisotopic (exact) mass is 281 g/mol. The van der Waals surface area contributed by atoms with E-state index in [1.165, 1.54) is 0 Å². The first-order valence-corrected chi connectivity index (χ1v) is 6.63. The van der Waals surface area contributed by atoms with Crippen LogP contribution in [0.5, 0.6) is 11.5 Å². The number of amides is 1. The van der Waals surface area contributed by atoms with Crippen molar-refractivity contribution in [2.75, 3.05) is 19.0 Å². The van der Waals surface area contributed by atoms with E-state index in [2.05, 4.69) is 5.32 Å². The van der Waals surface area contributed by atoms with E-state index in [-0.39, 0.29) is 12.5 Å². The van der Waals surface area contributed by atoms with Gasteiger partial charge in [-0.2, -0.15) is 0 Å². The van der Waals surface area contributed by atoms with Gasteiger partial charge in [0, 0.05) is 0 Å². The third-order valence-corrected chi connectivity index (χ3v) is 3.22. The van der Waals surface area contributed by atoms with Crippen LogP contribution in [0.15, 0.2) is 42.5 Å². The molecule has 0 aliphatic carbocycles. The third kappa shape index (κ3) is 3.05. The number of hydrogen-bond acceptors (Lipinski definition) is 3. The molecule has 2 aromatic rings. The van der Waals surface area contributed by atoms with E-state index in [0.29, 0.717) is 11.4 Å². The van der Waals surface area contributed by atoms with Gasteiger partial charge in [-0.1, -0.05) is 30.4 Å². The Bertz CT molecular complexity index is 690. The van der Waals surface area contributed by atoms with Crippen LogP contribution in [0.2, 0.25) is 0 Å². The van der Waals surface area contributed by atoms with Gasteiger partial charge in [-0.3, -0.25) is 4.79 Å². The van der Waals surface area contributed by atoms with E-state index in [1.807, 2.05) is 54.6 Å². The topological polar surface area (TPSA) is 47.6 Å². The molecule has 1 aliphatic heterocycles. The minimum absolute atomic E-state index is 0.0774. The van der Waals surface area contributed by atoms with Crippen LogP contribution < -0.4 is 14.8 Å². The maximum atomic E-state index is 11.3. The van der Waals surface area contributed by atoms with E-state index >= 15 is 0 Å². The smallest absolute Gasteiger partial charge is 0.262 e. The lowest BCUT2D eigenvalue weighted by molar-refractivity contribution is -0.118. The predicted molar refractivity (Wildman–Crippen MR) is 82.5 cm³/mol. The number of ether oxygens (including phenoxy) is 2. The number of carbonyl (C=O) groups excluding carboxylic acids is 1. The highest BCUT2D eigenvalue weighted by molar-refractivity contribution is 5.95. The lowest BCUT2D eigenvalue weighted by Gasteiger charge is -2.17. The van der Waals surface area contributed by atoms with Crippen LogP contribution in [0.3, 0.4) is 0 Å². The number of benzene rings is 2. The molecule has 0 unspecified atom stereocenters. The zero-order chi connectivity index (χ0) is 14.7. The molecule has 1 heterocycles. The summed E-state index contributed by atoms with van der Waals surface area (Å²) in [5.74, 6) is 1.41. The molecule has 3 rings (SSSR count). The van der Waals surface area contributed by atoms with Gasteiger partial charge in [0.1, 0.15) is 11.5 Å². The number of nitrogens with one attached hydrogen (secondary N) is 1. The van der Waals surface area contributed by atoms with Gasteiger partial charge in [0.15, 0.2) is 6.61 Å². The molecule has 4 nitrogen and oxygen atoms in total. The van der Waals surface area contributed by atoms with E-state index < -0.39 is 0 Å². The molecule has 0 atom stereocenters. The third-order valence-electron chi connectivity index (χ3n) is 3.22. The van der Waals surface area contributed by atoms with Gasteiger partial charge in [0.2, 0.25) is 0 Å². The van der Waals surface area contributed by atoms with Crippen molar-refractivity contribution < 1.29 is 14.3 Å². The zero-order valence-corrected chi connectivity index (χ0v) is 11.6. The fraction of sp³-hybridized carbons (Fsp3) is 0.118. The molecule has 0 radical (unpaired) electrons. The summed E-state index contributed by atoms with van der Waals surface area (Å²) in [6.45, 7) is 0.0774. The van der Waals surface area contributed by atoms with Gasteiger partial charge in [-0.15, -0.1) is 0 Å². The van der Waals surface area contributed by atoms with Gasteiger partial charge >= 0.3 is 0 Å². The lowest BCUT2D eigenvalue weighted by Crippen LogP contribution is -2.25. The number of fused-ring (bicyclic) bond motifs is 1. The SMILES string of the molecule is COc1ccc(C=Cc2ccc3c(c2)NC(=O)CO3)cc1. The highest BCUT2D eigenvalue weighted by Gasteiger charge is 2.15. The van der Waals surface area contributed by atoms with E-state index in [1.54, 1.807) is 7.11 Å². The van der Waals surface area contributed by atoms with Crippen LogP contribution >= 0.6 is 0 Å². The lowest BCUT2D eigenvalue weighted by atomic mass is 10.1. The summed E-state index contributed by atoms with van der Waals surface area (Å²) < 4.78 is 10.5. The molecule has 4 heteroatoms. The van der Waals surface area contributed by atoms with Gasteiger partial charge < -0.3 is 14.8 Å². The van der Waals surface area contributed by atoms with Crippen LogP contribution in [0.25, 0.3) is 12.2 Å². The summed E-state index contributed by atoms with van der Waals surface area (Å²) in [6, 6.07) is 13.5. The normalized spacial score (nSPS) is 13.5. The standard InChI is InChI=1S/C17H15NO3/c1-20-14-7-4-12(5-8-14)2-3-13-6-9-16-15(10-13)18-17(19)11-21-16/h2-10H,11H2,1H3,(H,18,19). The van der Waals surface area contributed by atoms with Crippen molar-refractivity contribution >= 4 is 23.7 Å². The molecule has 1 aliphatic rings. The molecular weight excluding hydrogens is 266 g/mol. The minimum atomic E-state index is -0.126. The second-order valence-corrected chi connectivity index (χ2v) is 4.70. The van der Waals surface area contributed by atoms with Gasteiger partial charge in [0.05, 0.1) is 12.8 Å². The summed E-state index contributed by atoms with van der Waals surface area (Å²) >= 11 is 0. The summed E-state index contributed by atoms with van der Waals surface area (Å²) in [6.07, 6.45) is 4.00. The van der Waals surface area contributed by atoms with Crippen molar-refractivity contribution in [1.82, 2.24) is 0 Å². The molecular formula is C17H15NO3. The van der Waals surface area contributed by atoms with Crippen LogP contribution in [0.4, 0.5) is 5.69 Å². The Balaban J connectivity index is 1.79. The van der Waals surface area contributed by atoms with Crippen LogP contribution in [-0.2, 0) is 4.79 Å². The zero-order valence-electron chi connectivity index (χ0n) is 11.6. The van der Waals surface area contributed by atoms with Crippen molar-refractivity contribution in [2.24, 2.45) is 0 Å². The number of anilines is 1. The molecule has 21 heavy (non-hydrogen) atoms. The molecule has 0 spiro atoms. The molecule has 0 aromatic heterocycles. The van der Waals surface area contributed by atoms with Crippen molar-refractivity contribution in [3.8, 4) is 11.5 Å². The largest absolute Gasteiger partial charge is 0.497 e. The second-order valence-electron chi connectivity index (χ2n) is 4.70. The first kappa shape index (κ1) is 13.2. The first-order valence-electron chi connectivity index (χ1n) is 6.63. The molecule has 0 bridgehead atoms. The Labute approximate surface area is 123 Å². The fourth-order valence-electron chi connectivity index (χ4n) is 2.11. The maximum absolute atomic E-state index is 11.3. The molecule has 1 N–H and O–H groups in total. The van der Waals surface area contributed by atoms with Crippen LogP contribution in [-0.4, -0.2) is 19.6 Å². The maximum Gasteiger partial charge on any atom is 0.262 e. The molecule has 0 fully saturated rings. The van der Waals surface area contributed by atoms with E-state index in [0.717, 1.165) is 16.9 Å². The Morgan fingerprint density at radius 3 is 2.57 bits per heavy atom. The predicted octanol–water partition coefficient (Wildman–Crippen LogP) is 3.20. The van der Waals surface area contributed by atoms with Crippen LogP contribution in [0, 0.1) is 0 Å². The molecule has 0 saturated carbocycles. The highest BCUT2D eigenvalue weighted by Crippen LogP contribution is 2.29. The Kier molecular flexibility index (Phi) is 3.60. The average molecular weight is 281 g/mol. The van der Waals surface area contributed by atoms with Crippen molar-refractivity contribution in [3.63, 3.8) is 0 Å². The second kappa shape index (κ2) is 5.71. The Morgan fingerprint density at radius 1 is 1.10 bits per heavy atom.